The second-order valence-electron chi connectivity index (χ2n) is 4.88. The van der Waals surface area contributed by atoms with Gasteiger partial charge < -0.3 is 0 Å². The Morgan fingerprint density at radius 1 is 1.00 bits per heavy atom. The third-order valence-corrected chi connectivity index (χ3v) is 5.17. The van der Waals surface area contributed by atoms with Crippen LogP contribution in [0.1, 0.15) is 16.7 Å². The lowest BCUT2D eigenvalue weighted by Crippen LogP contribution is -1.93. The van der Waals surface area contributed by atoms with Crippen LogP contribution in [-0.2, 0) is 0 Å². The summed E-state index contributed by atoms with van der Waals surface area (Å²) in [5, 5.41) is 4.06. The molecule has 2 nitrogen and oxygen atoms in total. The molecule has 0 spiro atoms. The minimum absolute atomic E-state index is 0.471. The molecule has 2 heterocycles. The third-order valence-electron chi connectivity index (χ3n) is 3.19. The number of aryl methyl sites for hydroxylation is 3. The largest absolute Gasteiger partial charge is 0.227 e. The van der Waals surface area contributed by atoms with Crippen molar-refractivity contribution in [3.05, 3.63) is 44.4 Å². The quantitative estimate of drug-likeness (QED) is 0.546. The summed E-state index contributed by atoms with van der Waals surface area (Å²) >= 11 is 14.2. The zero-order chi connectivity index (χ0) is 14.4. The highest BCUT2D eigenvalue weighted by Gasteiger charge is 2.15. The molecule has 102 valence electrons. The number of hydrogen-bond acceptors (Lipinski definition) is 3. The molecule has 0 atom stereocenters. The van der Waals surface area contributed by atoms with E-state index < -0.39 is 0 Å². The first-order valence-corrected chi connectivity index (χ1v) is 7.79. The van der Waals surface area contributed by atoms with Gasteiger partial charge in [0.1, 0.15) is 5.15 Å². The summed E-state index contributed by atoms with van der Waals surface area (Å²) in [6, 6.07) is 4.10. The van der Waals surface area contributed by atoms with Gasteiger partial charge in [-0.2, -0.15) is 0 Å². The molecule has 20 heavy (non-hydrogen) atoms. The number of benzene rings is 1. The van der Waals surface area contributed by atoms with Crippen molar-refractivity contribution in [1.82, 2.24) is 9.97 Å². The van der Waals surface area contributed by atoms with E-state index in [2.05, 4.69) is 16.0 Å². The van der Waals surface area contributed by atoms with E-state index in [9.17, 15) is 0 Å². The highest BCUT2D eigenvalue weighted by molar-refractivity contribution is 7.14. The van der Waals surface area contributed by atoms with Crippen molar-refractivity contribution in [3.63, 3.8) is 0 Å². The summed E-state index contributed by atoms with van der Waals surface area (Å²) in [4.78, 5) is 9.93. The number of halogens is 2. The Morgan fingerprint density at radius 2 is 1.75 bits per heavy atom. The molecule has 1 aromatic carbocycles. The van der Waals surface area contributed by atoms with E-state index in [-0.39, 0.29) is 0 Å². The standard InChI is InChI=1S/C15H12Cl2N2S/c1-7-4-8(2)12-10(5-7)14(17)19-15(18-12)13-11(16)9(3)6-20-13/h4-6H,1-3H3. The van der Waals surface area contributed by atoms with Crippen LogP contribution < -0.4 is 0 Å². The van der Waals surface area contributed by atoms with E-state index >= 15 is 0 Å². The van der Waals surface area contributed by atoms with Gasteiger partial charge in [-0.3, -0.25) is 0 Å². The normalized spacial score (nSPS) is 11.2. The molecule has 3 aromatic rings. The van der Waals surface area contributed by atoms with Gasteiger partial charge >= 0.3 is 0 Å². The Bertz CT molecular complexity index is 824. The van der Waals surface area contributed by atoms with E-state index in [1.54, 1.807) is 0 Å². The Hall–Kier alpha value is -1.16. The molecule has 0 radical (unpaired) electrons. The Labute approximate surface area is 131 Å². The maximum Gasteiger partial charge on any atom is 0.173 e. The van der Waals surface area contributed by atoms with Crippen molar-refractivity contribution in [2.75, 3.05) is 0 Å². The van der Waals surface area contributed by atoms with E-state index in [0.29, 0.717) is 16.0 Å². The molecular weight excluding hydrogens is 311 g/mol. The lowest BCUT2D eigenvalue weighted by atomic mass is 10.1. The smallest absolute Gasteiger partial charge is 0.173 e. The fourth-order valence-electron chi connectivity index (χ4n) is 2.23. The van der Waals surface area contributed by atoms with Gasteiger partial charge in [0.25, 0.3) is 0 Å². The second kappa shape index (κ2) is 4.99. The van der Waals surface area contributed by atoms with Crippen LogP contribution in [0.4, 0.5) is 0 Å². The lowest BCUT2D eigenvalue weighted by molar-refractivity contribution is 1.22. The molecule has 0 N–H and O–H groups in total. The van der Waals surface area contributed by atoms with Crippen molar-refractivity contribution in [2.45, 2.75) is 20.8 Å². The fraction of sp³-hybridized carbons (Fsp3) is 0.200. The average Bonchev–Trinajstić information content (AvgIpc) is 2.71. The molecule has 5 heteroatoms. The van der Waals surface area contributed by atoms with Crippen molar-refractivity contribution in [3.8, 4) is 10.7 Å². The number of rotatable bonds is 1. The van der Waals surface area contributed by atoms with Crippen molar-refractivity contribution >= 4 is 45.4 Å². The van der Waals surface area contributed by atoms with Gasteiger partial charge in [-0.1, -0.05) is 34.8 Å². The van der Waals surface area contributed by atoms with E-state index in [1.807, 2.05) is 32.2 Å². The molecule has 0 aliphatic carbocycles. The van der Waals surface area contributed by atoms with Crippen LogP contribution in [0.15, 0.2) is 17.5 Å². The Kier molecular flexibility index (Phi) is 3.44. The van der Waals surface area contributed by atoms with Crippen LogP contribution >= 0.6 is 34.5 Å². The molecule has 2 aromatic heterocycles. The van der Waals surface area contributed by atoms with Crippen molar-refractivity contribution in [1.29, 1.82) is 0 Å². The molecule has 0 aliphatic heterocycles. The molecular formula is C15H12Cl2N2S. The number of nitrogens with zero attached hydrogens (tertiary/aromatic N) is 2. The van der Waals surface area contributed by atoms with Gasteiger partial charge in [-0.05, 0) is 43.3 Å². The van der Waals surface area contributed by atoms with E-state index in [4.69, 9.17) is 23.2 Å². The van der Waals surface area contributed by atoms with Gasteiger partial charge in [0, 0.05) is 5.39 Å². The number of thiophene rings is 1. The Balaban J connectivity index is 2.32. The monoisotopic (exact) mass is 322 g/mol. The minimum atomic E-state index is 0.471. The predicted molar refractivity (Wildman–Crippen MR) is 87.1 cm³/mol. The van der Waals surface area contributed by atoms with Crippen LogP contribution in [0.3, 0.4) is 0 Å². The molecule has 0 saturated carbocycles. The summed E-state index contributed by atoms with van der Waals surface area (Å²) in [6.07, 6.45) is 0. The highest BCUT2D eigenvalue weighted by Crippen LogP contribution is 2.36. The highest BCUT2D eigenvalue weighted by atomic mass is 35.5. The molecule has 0 unspecified atom stereocenters. The van der Waals surface area contributed by atoms with Crippen molar-refractivity contribution < 1.29 is 0 Å². The third kappa shape index (κ3) is 2.20. The first-order chi connectivity index (χ1) is 9.47. The fourth-order valence-corrected chi connectivity index (χ4v) is 3.67. The number of fused-ring (bicyclic) bond motifs is 1. The predicted octanol–water partition coefficient (Wildman–Crippen LogP) is 5.59. The van der Waals surface area contributed by atoms with E-state index in [0.717, 1.165) is 32.5 Å². The van der Waals surface area contributed by atoms with Crippen LogP contribution in [0.2, 0.25) is 10.2 Å². The molecule has 0 amide bonds. The first kappa shape index (κ1) is 13.8. The van der Waals surface area contributed by atoms with Crippen LogP contribution in [0, 0.1) is 20.8 Å². The topological polar surface area (TPSA) is 25.8 Å². The molecule has 0 fully saturated rings. The van der Waals surface area contributed by atoms with Crippen molar-refractivity contribution in [2.24, 2.45) is 0 Å². The lowest BCUT2D eigenvalue weighted by Gasteiger charge is -2.07. The molecule has 0 aliphatic rings. The van der Waals surface area contributed by atoms with Gasteiger partial charge in [0.05, 0.1) is 15.4 Å². The van der Waals surface area contributed by atoms with E-state index in [1.165, 1.54) is 11.3 Å². The minimum Gasteiger partial charge on any atom is -0.227 e. The van der Waals surface area contributed by atoms with Gasteiger partial charge in [0.15, 0.2) is 5.82 Å². The maximum atomic E-state index is 6.33. The average molecular weight is 323 g/mol. The van der Waals surface area contributed by atoms with Gasteiger partial charge in [-0.15, -0.1) is 11.3 Å². The SMILES string of the molecule is Cc1cc(C)c2nc(-c3scc(C)c3Cl)nc(Cl)c2c1. The second-order valence-corrected chi connectivity index (χ2v) is 6.49. The number of aromatic nitrogens is 2. The molecule has 0 bridgehead atoms. The summed E-state index contributed by atoms with van der Waals surface area (Å²) < 4.78 is 0. The summed E-state index contributed by atoms with van der Waals surface area (Å²) in [5.74, 6) is 0.595. The van der Waals surface area contributed by atoms with Crippen LogP contribution in [0.25, 0.3) is 21.6 Å². The summed E-state index contributed by atoms with van der Waals surface area (Å²) in [6.45, 7) is 6.04. The van der Waals surface area contributed by atoms with Crippen LogP contribution in [-0.4, -0.2) is 9.97 Å². The molecule has 3 rings (SSSR count). The maximum absolute atomic E-state index is 6.33. The number of hydrogen-bond donors (Lipinski definition) is 0. The molecule has 0 saturated heterocycles. The van der Waals surface area contributed by atoms with Crippen LogP contribution in [0.5, 0.6) is 0 Å². The first-order valence-electron chi connectivity index (χ1n) is 6.16. The van der Waals surface area contributed by atoms with Gasteiger partial charge in [0.2, 0.25) is 0 Å². The summed E-state index contributed by atoms with van der Waals surface area (Å²) in [7, 11) is 0. The Morgan fingerprint density at radius 3 is 2.40 bits per heavy atom. The zero-order valence-electron chi connectivity index (χ0n) is 11.3. The summed E-state index contributed by atoms with van der Waals surface area (Å²) in [5.41, 5.74) is 4.16. The van der Waals surface area contributed by atoms with Gasteiger partial charge in [-0.25, -0.2) is 9.97 Å². The zero-order valence-corrected chi connectivity index (χ0v) is 13.6.